The first kappa shape index (κ1) is 15.4. The van der Waals surface area contributed by atoms with Gasteiger partial charge in [0, 0.05) is 11.3 Å². The summed E-state index contributed by atoms with van der Waals surface area (Å²) in [6, 6.07) is 15.7. The number of fused-ring (bicyclic) bond motifs is 1. The molecule has 1 aliphatic rings. The number of ether oxygens (including phenoxy) is 1. The quantitative estimate of drug-likeness (QED) is 0.911. The highest BCUT2D eigenvalue weighted by Gasteiger charge is 2.26. The molecule has 0 spiro atoms. The predicted octanol–water partition coefficient (Wildman–Crippen LogP) is 3.30. The molecule has 0 unspecified atom stereocenters. The third-order valence-electron chi connectivity index (χ3n) is 4.34. The summed E-state index contributed by atoms with van der Waals surface area (Å²) in [7, 11) is 1.68. The van der Waals surface area contributed by atoms with Crippen LogP contribution >= 0.6 is 0 Å². The minimum Gasteiger partial charge on any atom is -0.496 e. The monoisotopic (exact) mass is 310 g/mol. The van der Waals surface area contributed by atoms with Crippen molar-refractivity contribution in [2.75, 3.05) is 12.4 Å². The van der Waals surface area contributed by atoms with Gasteiger partial charge in [0.2, 0.25) is 5.91 Å². The van der Waals surface area contributed by atoms with E-state index in [9.17, 15) is 4.79 Å². The molecule has 23 heavy (non-hydrogen) atoms. The van der Waals surface area contributed by atoms with Crippen molar-refractivity contribution in [3.63, 3.8) is 0 Å². The molecule has 0 radical (unpaired) electrons. The highest BCUT2D eigenvalue weighted by atomic mass is 16.5. The van der Waals surface area contributed by atoms with Crippen LogP contribution in [0.3, 0.4) is 0 Å². The van der Waals surface area contributed by atoms with Gasteiger partial charge in [0.1, 0.15) is 11.8 Å². The van der Waals surface area contributed by atoms with Crippen LogP contribution < -0.4 is 15.4 Å². The van der Waals surface area contributed by atoms with E-state index in [0.29, 0.717) is 0 Å². The average molecular weight is 310 g/mol. The summed E-state index contributed by atoms with van der Waals surface area (Å²) >= 11 is 0. The number of rotatable bonds is 4. The Bertz CT molecular complexity index is 685. The fourth-order valence-corrected chi connectivity index (χ4v) is 3.03. The number of nitrogens with one attached hydrogen (secondary N) is 2. The Hall–Kier alpha value is -2.49. The molecule has 120 valence electrons. The lowest BCUT2D eigenvalue weighted by molar-refractivity contribution is -0.122. The van der Waals surface area contributed by atoms with E-state index >= 15 is 0 Å². The third-order valence-corrected chi connectivity index (χ3v) is 4.34. The van der Waals surface area contributed by atoms with Crippen LogP contribution in [0, 0.1) is 0 Å². The third kappa shape index (κ3) is 3.31. The Kier molecular flexibility index (Phi) is 4.51. The van der Waals surface area contributed by atoms with Crippen molar-refractivity contribution in [2.45, 2.75) is 31.8 Å². The Labute approximate surface area is 136 Å². The van der Waals surface area contributed by atoms with Crippen molar-refractivity contribution in [3.05, 3.63) is 59.7 Å². The van der Waals surface area contributed by atoms with E-state index in [1.807, 2.05) is 55.5 Å². The molecule has 1 amide bonds. The van der Waals surface area contributed by atoms with Crippen LogP contribution in [0.5, 0.6) is 5.75 Å². The molecule has 3 rings (SSSR count). The number of hydrogen-bond acceptors (Lipinski definition) is 3. The van der Waals surface area contributed by atoms with Crippen LogP contribution in [-0.4, -0.2) is 19.1 Å². The minimum absolute atomic E-state index is 0.00259. The summed E-state index contributed by atoms with van der Waals surface area (Å²) in [6.07, 6.45) is 1.60. The largest absolute Gasteiger partial charge is 0.496 e. The van der Waals surface area contributed by atoms with Gasteiger partial charge in [0.05, 0.1) is 13.2 Å². The molecule has 0 aliphatic carbocycles. The van der Waals surface area contributed by atoms with Crippen molar-refractivity contribution in [3.8, 4) is 5.75 Å². The van der Waals surface area contributed by atoms with E-state index in [0.717, 1.165) is 35.4 Å². The lowest BCUT2D eigenvalue weighted by Crippen LogP contribution is -2.42. The number of carbonyl (C=O) groups is 1. The molecule has 0 saturated carbocycles. The fourth-order valence-electron chi connectivity index (χ4n) is 3.03. The van der Waals surface area contributed by atoms with Gasteiger partial charge in [-0.2, -0.15) is 0 Å². The summed E-state index contributed by atoms with van der Waals surface area (Å²) in [6.45, 7) is 2.01. The zero-order valence-electron chi connectivity index (χ0n) is 13.5. The Morgan fingerprint density at radius 1 is 1.22 bits per heavy atom. The van der Waals surface area contributed by atoms with E-state index < -0.39 is 0 Å². The average Bonchev–Trinajstić information content (AvgIpc) is 2.61. The van der Waals surface area contributed by atoms with Gasteiger partial charge >= 0.3 is 0 Å². The standard InChI is InChI=1S/C19H22N2O2/c1-13(14-7-4-3-5-8-14)20-19(22)17-12-11-15-16(21-17)9-6-10-18(15)23-2/h3-10,13,17,21H,11-12H2,1-2H3,(H,20,22)/t13-,17+/m0/s1. The van der Waals surface area contributed by atoms with Crippen molar-refractivity contribution < 1.29 is 9.53 Å². The van der Waals surface area contributed by atoms with Gasteiger partial charge in [-0.15, -0.1) is 0 Å². The molecule has 2 N–H and O–H groups in total. The first-order chi connectivity index (χ1) is 11.2. The van der Waals surface area contributed by atoms with Gasteiger partial charge in [-0.1, -0.05) is 36.4 Å². The highest BCUT2D eigenvalue weighted by Crippen LogP contribution is 2.32. The molecular formula is C19H22N2O2. The summed E-state index contributed by atoms with van der Waals surface area (Å²) < 4.78 is 5.39. The van der Waals surface area contributed by atoms with Crippen LogP contribution in [0.1, 0.15) is 30.5 Å². The molecule has 0 saturated heterocycles. The van der Waals surface area contributed by atoms with Gasteiger partial charge in [0.15, 0.2) is 0 Å². The van der Waals surface area contributed by atoms with Crippen LogP contribution in [0.15, 0.2) is 48.5 Å². The number of methoxy groups -OCH3 is 1. The summed E-state index contributed by atoms with van der Waals surface area (Å²) in [5, 5.41) is 6.43. The zero-order chi connectivity index (χ0) is 16.2. The van der Waals surface area contributed by atoms with E-state index in [4.69, 9.17) is 4.74 Å². The molecule has 0 fully saturated rings. The van der Waals surface area contributed by atoms with Crippen LogP contribution in [-0.2, 0) is 11.2 Å². The topological polar surface area (TPSA) is 50.4 Å². The number of hydrogen-bond donors (Lipinski definition) is 2. The van der Waals surface area contributed by atoms with Crippen molar-refractivity contribution in [1.29, 1.82) is 0 Å². The van der Waals surface area contributed by atoms with Crippen LogP contribution in [0.4, 0.5) is 5.69 Å². The SMILES string of the molecule is COc1cccc2c1CC[C@H](C(=O)N[C@@H](C)c1ccccc1)N2. The lowest BCUT2D eigenvalue weighted by Gasteiger charge is -2.28. The van der Waals surface area contributed by atoms with Gasteiger partial charge in [-0.3, -0.25) is 4.79 Å². The molecule has 0 bridgehead atoms. The molecule has 0 aromatic heterocycles. The number of anilines is 1. The predicted molar refractivity (Wildman–Crippen MR) is 91.7 cm³/mol. The maximum Gasteiger partial charge on any atom is 0.242 e. The Balaban J connectivity index is 1.67. The molecular weight excluding hydrogens is 288 g/mol. The zero-order valence-corrected chi connectivity index (χ0v) is 13.5. The van der Waals surface area contributed by atoms with Gasteiger partial charge in [0.25, 0.3) is 0 Å². The maximum absolute atomic E-state index is 12.5. The first-order valence-electron chi connectivity index (χ1n) is 7.97. The number of amides is 1. The van der Waals surface area contributed by atoms with Crippen LogP contribution in [0.2, 0.25) is 0 Å². The Morgan fingerprint density at radius 2 is 2.00 bits per heavy atom. The van der Waals surface area contributed by atoms with Crippen molar-refractivity contribution >= 4 is 11.6 Å². The van der Waals surface area contributed by atoms with Gasteiger partial charge < -0.3 is 15.4 Å². The molecule has 1 aliphatic heterocycles. The Morgan fingerprint density at radius 3 is 2.74 bits per heavy atom. The summed E-state index contributed by atoms with van der Waals surface area (Å²) in [5.41, 5.74) is 3.25. The van der Waals surface area contributed by atoms with Gasteiger partial charge in [-0.25, -0.2) is 0 Å². The smallest absolute Gasteiger partial charge is 0.242 e. The molecule has 4 heteroatoms. The van der Waals surface area contributed by atoms with Crippen molar-refractivity contribution in [1.82, 2.24) is 5.32 Å². The first-order valence-corrected chi connectivity index (χ1v) is 7.97. The number of benzene rings is 2. The van der Waals surface area contributed by atoms with E-state index in [2.05, 4.69) is 10.6 Å². The summed E-state index contributed by atoms with van der Waals surface area (Å²) in [5.74, 6) is 0.918. The lowest BCUT2D eigenvalue weighted by atomic mass is 9.96. The molecule has 2 aromatic carbocycles. The highest BCUT2D eigenvalue weighted by molar-refractivity contribution is 5.86. The van der Waals surface area contributed by atoms with Crippen molar-refractivity contribution in [2.24, 2.45) is 0 Å². The second-order valence-corrected chi connectivity index (χ2v) is 5.86. The van der Waals surface area contributed by atoms with E-state index in [1.54, 1.807) is 7.11 Å². The molecule has 1 heterocycles. The second-order valence-electron chi connectivity index (χ2n) is 5.86. The van der Waals surface area contributed by atoms with E-state index in [-0.39, 0.29) is 18.0 Å². The van der Waals surface area contributed by atoms with Crippen LogP contribution in [0.25, 0.3) is 0 Å². The maximum atomic E-state index is 12.5. The van der Waals surface area contributed by atoms with E-state index in [1.165, 1.54) is 0 Å². The minimum atomic E-state index is -0.208. The second kappa shape index (κ2) is 6.73. The normalized spacial score (nSPS) is 17.6. The molecule has 2 aromatic rings. The molecule has 2 atom stereocenters. The fraction of sp³-hybridized carbons (Fsp3) is 0.316. The van der Waals surface area contributed by atoms with Gasteiger partial charge in [-0.05, 0) is 37.5 Å². The number of carbonyl (C=O) groups excluding carboxylic acids is 1. The summed E-state index contributed by atoms with van der Waals surface area (Å²) in [4.78, 5) is 12.5. The molecule has 4 nitrogen and oxygen atoms in total.